The van der Waals surface area contributed by atoms with Crippen LogP contribution < -0.4 is 0 Å². The van der Waals surface area contributed by atoms with Gasteiger partial charge in [0.2, 0.25) is 0 Å². The maximum atomic E-state index is 12.1. The number of hydrogen-bond donors (Lipinski definition) is 0. The van der Waals surface area contributed by atoms with Crippen molar-refractivity contribution in [2.75, 3.05) is 26.3 Å². The molecular formula is C13H14ClNO3. The second kappa shape index (κ2) is 4.88. The number of ether oxygens (including phenoxy) is 2. The molecule has 2 aliphatic rings. The molecule has 0 radical (unpaired) electrons. The zero-order chi connectivity index (χ0) is 12.5. The Morgan fingerprint density at radius 1 is 1.22 bits per heavy atom. The standard InChI is InChI=1S/C13H14ClNO3/c14-10-3-1-9(2-4-10)11-12(18-11)13(16)15-5-7-17-8-6-15/h1-4,11-12H,5-8H2/t11-,12+/m1/s1. The molecule has 0 aromatic heterocycles. The van der Waals surface area contributed by atoms with E-state index in [0.29, 0.717) is 31.3 Å². The molecule has 2 heterocycles. The Hall–Kier alpha value is -1.10. The van der Waals surface area contributed by atoms with Gasteiger partial charge in [-0.15, -0.1) is 0 Å². The maximum absolute atomic E-state index is 12.1. The van der Waals surface area contributed by atoms with Gasteiger partial charge in [-0.25, -0.2) is 0 Å². The molecule has 0 bridgehead atoms. The first-order valence-electron chi connectivity index (χ1n) is 6.03. The molecule has 18 heavy (non-hydrogen) atoms. The van der Waals surface area contributed by atoms with E-state index >= 15 is 0 Å². The molecule has 1 amide bonds. The summed E-state index contributed by atoms with van der Waals surface area (Å²) in [6.07, 6.45) is -0.443. The van der Waals surface area contributed by atoms with Crippen molar-refractivity contribution in [3.05, 3.63) is 34.9 Å². The lowest BCUT2D eigenvalue weighted by molar-refractivity contribution is -0.136. The molecule has 1 aromatic carbocycles. The first-order chi connectivity index (χ1) is 8.75. The normalized spacial score (nSPS) is 27.1. The van der Waals surface area contributed by atoms with E-state index in [4.69, 9.17) is 21.1 Å². The predicted molar refractivity (Wildman–Crippen MR) is 66.5 cm³/mol. The number of rotatable bonds is 2. The third-order valence-electron chi connectivity index (χ3n) is 3.26. The number of nitrogens with zero attached hydrogens (tertiary/aromatic N) is 1. The number of morpholine rings is 1. The Morgan fingerprint density at radius 2 is 1.89 bits per heavy atom. The summed E-state index contributed by atoms with van der Waals surface area (Å²) in [6.45, 7) is 2.55. The highest BCUT2D eigenvalue weighted by Gasteiger charge is 2.47. The van der Waals surface area contributed by atoms with Crippen LogP contribution in [0.2, 0.25) is 5.02 Å². The van der Waals surface area contributed by atoms with Gasteiger partial charge in [0.25, 0.3) is 5.91 Å². The summed E-state index contributed by atoms with van der Waals surface area (Å²) in [5.74, 6) is 0.0678. The van der Waals surface area contributed by atoms with E-state index in [1.54, 1.807) is 0 Å². The molecule has 0 spiro atoms. The van der Waals surface area contributed by atoms with Gasteiger partial charge in [-0.3, -0.25) is 4.79 Å². The third kappa shape index (κ3) is 2.36. The van der Waals surface area contributed by atoms with Crippen LogP contribution in [-0.4, -0.2) is 43.2 Å². The van der Waals surface area contributed by atoms with E-state index in [1.165, 1.54) is 0 Å². The van der Waals surface area contributed by atoms with Gasteiger partial charge in [0.15, 0.2) is 6.10 Å². The molecule has 4 nitrogen and oxygen atoms in total. The summed E-state index contributed by atoms with van der Waals surface area (Å²) in [6, 6.07) is 7.43. The summed E-state index contributed by atoms with van der Waals surface area (Å²) < 4.78 is 10.7. The van der Waals surface area contributed by atoms with Crippen molar-refractivity contribution in [3.8, 4) is 0 Å². The fourth-order valence-electron chi connectivity index (χ4n) is 2.17. The van der Waals surface area contributed by atoms with Gasteiger partial charge in [-0.1, -0.05) is 23.7 Å². The molecule has 0 unspecified atom stereocenters. The SMILES string of the molecule is O=C([C@H]1O[C@@H]1c1ccc(Cl)cc1)N1CCOCC1. The van der Waals surface area contributed by atoms with E-state index in [1.807, 2.05) is 29.2 Å². The second-order valence-electron chi connectivity index (χ2n) is 4.47. The van der Waals surface area contributed by atoms with Crippen LogP contribution in [0.15, 0.2) is 24.3 Å². The Kier molecular flexibility index (Phi) is 3.24. The van der Waals surface area contributed by atoms with Crippen molar-refractivity contribution in [1.29, 1.82) is 0 Å². The van der Waals surface area contributed by atoms with Crippen LogP contribution in [0.3, 0.4) is 0 Å². The predicted octanol–water partition coefficient (Wildman–Crippen LogP) is 1.64. The van der Waals surface area contributed by atoms with Gasteiger partial charge in [0.1, 0.15) is 6.10 Å². The van der Waals surface area contributed by atoms with Gasteiger partial charge in [0.05, 0.1) is 13.2 Å². The lowest BCUT2D eigenvalue weighted by Crippen LogP contribution is -2.42. The number of benzene rings is 1. The van der Waals surface area contributed by atoms with Gasteiger partial charge in [0, 0.05) is 18.1 Å². The minimum atomic E-state index is -0.329. The lowest BCUT2D eigenvalue weighted by atomic mass is 10.1. The van der Waals surface area contributed by atoms with Crippen molar-refractivity contribution in [2.24, 2.45) is 0 Å². The highest BCUT2D eigenvalue weighted by atomic mass is 35.5. The van der Waals surface area contributed by atoms with Gasteiger partial charge in [-0.2, -0.15) is 0 Å². The van der Waals surface area contributed by atoms with E-state index in [2.05, 4.69) is 0 Å². The number of carbonyl (C=O) groups excluding carboxylic acids is 1. The summed E-state index contributed by atoms with van der Waals surface area (Å²) in [7, 11) is 0. The maximum Gasteiger partial charge on any atom is 0.254 e. The highest BCUT2D eigenvalue weighted by molar-refractivity contribution is 6.30. The zero-order valence-electron chi connectivity index (χ0n) is 9.84. The molecule has 5 heteroatoms. The molecule has 96 valence electrons. The lowest BCUT2D eigenvalue weighted by Gasteiger charge is -2.26. The van der Waals surface area contributed by atoms with Gasteiger partial charge < -0.3 is 14.4 Å². The Balaban J connectivity index is 1.63. The first-order valence-corrected chi connectivity index (χ1v) is 6.41. The minimum absolute atomic E-state index is 0.0678. The van der Waals surface area contributed by atoms with Crippen LogP contribution in [-0.2, 0) is 14.3 Å². The summed E-state index contributed by atoms with van der Waals surface area (Å²) in [4.78, 5) is 13.9. The van der Waals surface area contributed by atoms with Crippen molar-refractivity contribution < 1.29 is 14.3 Å². The van der Waals surface area contributed by atoms with Crippen LogP contribution in [0.5, 0.6) is 0 Å². The fraction of sp³-hybridized carbons (Fsp3) is 0.462. The third-order valence-corrected chi connectivity index (χ3v) is 3.51. The molecule has 2 saturated heterocycles. The Bertz CT molecular complexity index is 442. The van der Waals surface area contributed by atoms with Crippen molar-refractivity contribution in [1.82, 2.24) is 4.90 Å². The summed E-state index contributed by atoms with van der Waals surface area (Å²) in [5.41, 5.74) is 1.01. The van der Waals surface area contributed by atoms with Crippen molar-refractivity contribution in [2.45, 2.75) is 12.2 Å². The van der Waals surface area contributed by atoms with Crippen LogP contribution in [0.4, 0.5) is 0 Å². The van der Waals surface area contributed by atoms with E-state index in [9.17, 15) is 4.79 Å². The number of halogens is 1. The number of carbonyl (C=O) groups is 1. The summed E-state index contributed by atoms with van der Waals surface area (Å²) in [5, 5.41) is 0.690. The second-order valence-corrected chi connectivity index (χ2v) is 4.90. The minimum Gasteiger partial charge on any atom is -0.378 e. The largest absolute Gasteiger partial charge is 0.378 e. The van der Waals surface area contributed by atoms with Crippen LogP contribution in [0.1, 0.15) is 11.7 Å². The smallest absolute Gasteiger partial charge is 0.254 e. The molecular weight excluding hydrogens is 254 g/mol. The van der Waals surface area contributed by atoms with E-state index in [0.717, 1.165) is 5.56 Å². The average molecular weight is 268 g/mol. The van der Waals surface area contributed by atoms with Crippen LogP contribution in [0.25, 0.3) is 0 Å². The molecule has 1 aromatic rings. The van der Waals surface area contributed by atoms with Gasteiger partial charge >= 0.3 is 0 Å². The molecule has 2 fully saturated rings. The Labute approximate surface area is 110 Å². The molecule has 0 aliphatic carbocycles. The quantitative estimate of drug-likeness (QED) is 0.765. The molecule has 2 atom stereocenters. The average Bonchev–Trinajstić information content (AvgIpc) is 3.20. The van der Waals surface area contributed by atoms with Crippen molar-refractivity contribution >= 4 is 17.5 Å². The number of hydrogen-bond acceptors (Lipinski definition) is 3. The molecule has 3 rings (SSSR count). The molecule has 0 N–H and O–H groups in total. The number of epoxide rings is 1. The monoisotopic (exact) mass is 267 g/mol. The topological polar surface area (TPSA) is 42.1 Å². The summed E-state index contributed by atoms with van der Waals surface area (Å²) >= 11 is 5.83. The Morgan fingerprint density at radius 3 is 2.56 bits per heavy atom. The fourth-order valence-corrected chi connectivity index (χ4v) is 2.30. The first kappa shape index (κ1) is 12.0. The molecule has 2 aliphatic heterocycles. The van der Waals surface area contributed by atoms with E-state index < -0.39 is 0 Å². The van der Waals surface area contributed by atoms with Crippen LogP contribution in [0, 0.1) is 0 Å². The highest BCUT2D eigenvalue weighted by Crippen LogP contribution is 2.40. The van der Waals surface area contributed by atoms with Crippen molar-refractivity contribution in [3.63, 3.8) is 0 Å². The molecule has 0 saturated carbocycles. The van der Waals surface area contributed by atoms with Gasteiger partial charge in [-0.05, 0) is 17.7 Å². The van der Waals surface area contributed by atoms with Crippen LogP contribution >= 0.6 is 11.6 Å². The number of amides is 1. The van der Waals surface area contributed by atoms with E-state index in [-0.39, 0.29) is 18.1 Å². The zero-order valence-corrected chi connectivity index (χ0v) is 10.6.